The molecule has 1 aliphatic rings. The molecule has 17 heavy (non-hydrogen) atoms. The summed E-state index contributed by atoms with van der Waals surface area (Å²) in [5.41, 5.74) is 0. The molecule has 0 bridgehead atoms. The summed E-state index contributed by atoms with van der Waals surface area (Å²) in [5, 5.41) is 46.6. The van der Waals surface area contributed by atoms with Gasteiger partial charge in [0.05, 0.1) is 12.7 Å². The summed E-state index contributed by atoms with van der Waals surface area (Å²) in [6, 6.07) is 0. The summed E-state index contributed by atoms with van der Waals surface area (Å²) in [4.78, 5) is 2.02. The van der Waals surface area contributed by atoms with E-state index in [9.17, 15) is 15.3 Å². The van der Waals surface area contributed by atoms with Crippen LogP contribution in [0, 0.1) is 0 Å². The van der Waals surface area contributed by atoms with Crippen molar-refractivity contribution in [3.63, 3.8) is 0 Å². The fraction of sp³-hybridized carbons (Fsp3) is 1.00. The van der Waals surface area contributed by atoms with E-state index in [0.717, 1.165) is 25.9 Å². The first-order chi connectivity index (χ1) is 8.06. The number of hydrogen-bond acceptors (Lipinski definition) is 6. The van der Waals surface area contributed by atoms with Gasteiger partial charge in [0.1, 0.15) is 18.3 Å². The monoisotopic (exact) mass is 249 g/mol. The summed E-state index contributed by atoms with van der Waals surface area (Å²) in [6.45, 7) is 1.38. The lowest BCUT2D eigenvalue weighted by Crippen LogP contribution is -2.50. The van der Waals surface area contributed by atoms with Gasteiger partial charge in [-0.25, -0.2) is 0 Å². The van der Waals surface area contributed by atoms with Gasteiger partial charge in [-0.1, -0.05) is 6.42 Å². The molecule has 0 spiro atoms. The van der Waals surface area contributed by atoms with Gasteiger partial charge in [0.15, 0.2) is 0 Å². The molecule has 4 atom stereocenters. The highest BCUT2D eigenvalue weighted by Crippen LogP contribution is 2.12. The average Bonchev–Trinajstić information content (AvgIpc) is 2.37. The van der Waals surface area contributed by atoms with E-state index in [2.05, 4.69) is 0 Å². The molecule has 0 amide bonds. The fourth-order valence-corrected chi connectivity index (χ4v) is 2.08. The number of piperidine rings is 1. The number of likely N-dealkylation sites (tertiary alicyclic amines) is 1. The Kier molecular flexibility index (Phi) is 6.32. The van der Waals surface area contributed by atoms with E-state index in [0.29, 0.717) is 0 Å². The summed E-state index contributed by atoms with van der Waals surface area (Å²) in [6.07, 6.45) is -2.19. The molecule has 1 rings (SSSR count). The van der Waals surface area contributed by atoms with E-state index < -0.39 is 31.0 Å². The van der Waals surface area contributed by atoms with E-state index in [1.807, 2.05) is 4.90 Å². The minimum Gasteiger partial charge on any atom is -0.394 e. The highest BCUT2D eigenvalue weighted by Gasteiger charge is 2.31. The number of aliphatic hydroxyl groups is 5. The topological polar surface area (TPSA) is 104 Å². The summed E-state index contributed by atoms with van der Waals surface area (Å²) in [7, 11) is 0. The number of aliphatic hydroxyl groups excluding tert-OH is 5. The highest BCUT2D eigenvalue weighted by molar-refractivity contribution is 4.83. The summed E-state index contributed by atoms with van der Waals surface area (Å²) < 4.78 is 0. The van der Waals surface area contributed by atoms with Gasteiger partial charge in [-0.15, -0.1) is 0 Å². The van der Waals surface area contributed by atoms with Crippen molar-refractivity contribution >= 4 is 0 Å². The van der Waals surface area contributed by atoms with Gasteiger partial charge in [0.2, 0.25) is 0 Å². The maximum Gasteiger partial charge on any atom is 0.111 e. The van der Waals surface area contributed by atoms with Crippen molar-refractivity contribution in [2.45, 2.75) is 43.7 Å². The van der Waals surface area contributed by atoms with E-state index in [-0.39, 0.29) is 6.54 Å². The van der Waals surface area contributed by atoms with Crippen LogP contribution in [0.25, 0.3) is 0 Å². The number of nitrogens with zero attached hydrogens (tertiary/aromatic N) is 1. The van der Waals surface area contributed by atoms with E-state index in [1.165, 1.54) is 6.42 Å². The smallest absolute Gasteiger partial charge is 0.111 e. The molecule has 6 heteroatoms. The fourth-order valence-electron chi connectivity index (χ4n) is 2.08. The van der Waals surface area contributed by atoms with Crippen LogP contribution < -0.4 is 0 Å². The first kappa shape index (κ1) is 14.8. The molecule has 1 aliphatic heterocycles. The van der Waals surface area contributed by atoms with Crippen molar-refractivity contribution in [2.75, 3.05) is 26.2 Å². The average molecular weight is 249 g/mol. The van der Waals surface area contributed by atoms with Gasteiger partial charge in [-0.2, -0.15) is 0 Å². The molecular formula is C11H23NO5. The van der Waals surface area contributed by atoms with Crippen LogP contribution in [0.1, 0.15) is 19.3 Å². The molecule has 6 nitrogen and oxygen atoms in total. The van der Waals surface area contributed by atoms with Crippen LogP contribution in [0.5, 0.6) is 0 Å². The highest BCUT2D eigenvalue weighted by atomic mass is 16.4. The second kappa shape index (κ2) is 7.25. The van der Waals surface area contributed by atoms with Crippen LogP contribution in [-0.2, 0) is 0 Å². The lowest BCUT2D eigenvalue weighted by molar-refractivity contribution is -0.120. The van der Waals surface area contributed by atoms with Gasteiger partial charge >= 0.3 is 0 Å². The first-order valence-electron chi connectivity index (χ1n) is 6.11. The number of rotatable bonds is 6. The second-order valence-electron chi connectivity index (χ2n) is 4.66. The zero-order valence-electron chi connectivity index (χ0n) is 9.94. The van der Waals surface area contributed by atoms with Gasteiger partial charge in [-0.3, -0.25) is 0 Å². The maximum atomic E-state index is 9.74. The third kappa shape index (κ3) is 4.50. The normalized spacial score (nSPS) is 25.2. The van der Waals surface area contributed by atoms with E-state index in [1.54, 1.807) is 0 Å². The third-order valence-electron chi connectivity index (χ3n) is 3.22. The van der Waals surface area contributed by atoms with Crippen LogP contribution in [-0.4, -0.2) is 81.1 Å². The van der Waals surface area contributed by atoms with Crippen molar-refractivity contribution in [3.8, 4) is 0 Å². The lowest BCUT2D eigenvalue weighted by atomic mass is 10.0. The SMILES string of the molecule is OC[C@@H](O)[C@@H](O)[C@H](O)[C@H](O)CN1CCCCC1. The molecule has 0 aliphatic carbocycles. The maximum absolute atomic E-state index is 9.74. The van der Waals surface area contributed by atoms with Crippen LogP contribution in [0.2, 0.25) is 0 Å². The third-order valence-corrected chi connectivity index (χ3v) is 3.22. The first-order valence-corrected chi connectivity index (χ1v) is 6.11. The zero-order chi connectivity index (χ0) is 12.8. The van der Waals surface area contributed by atoms with Gasteiger partial charge in [0, 0.05) is 6.54 Å². The second-order valence-corrected chi connectivity index (χ2v) is 4.66. The molecule has 0 radical (unpaired) electrons. The van der Waals surface area contributed by atoms with E-state index >= 15 is 0 Å². The molecule has 0 aromatic heterocycles. The van der Waals surface area contributed by atoms with Crippen molar-refractivity contribution in [1.82, 2.24) is 4.90 Å². The molecule has 102 valence electrons. The van der Waals surface area contributed by atoms with Crippen molar-refractivity contribution < 1.29 is 25.5 Å². The van der Waals surface area contributed by atoms with Crippen LogP contribution in [0.4, 0.5) is 0 Å². The predicted molar refractivity (Wildman–Crippen MR) is 61.4 cm³/mol. The molecule has 0 saturated carbocycles. The van der Waals surface area contributed by atoms with Crippen molar-refractivity contribution in [1.29, 1.82) is 0 Å². The van der Waals surface area contributed by atoms with Crippen LogP contribution >= 0.6 is 0 Å². The number of hydrogen-bond donors (Lipinski definition) is 5. The van der Waals surface area contributed by atoms with Crippen molar-refractivity contribution in [3.05, 3.63) is 0 Å². The Morgan fingerprint density at radius 2 is 1.35 bits per heavy atom. The van der Waals surface area contributed by atoms with Gasteiger partial charge in [-0.05, 0) is 25.9 Å². The summed E-state index contributed by atoms with van der Waals surface area (Å²) in [5.74, 6) is 0. The molecule has 0 unspecified atom stereocenters. The minimum absolute atomic E-state index is 0.274. The lowest BCUT2D eigenvalue weighted by Gasteiger charge is -2.32. The van der Waals surface area contributed by atoms with E-state index in [4.69, 9.17) is 10.2 Å². The molecule has 1 fully saturated rings. The zero-order valence-corrected chi connectivity index (χ0v) is 9.94. The molecular weight excluding hydrogens is 226 g/mol. The van der Waals surface area contributed by atoms with Crippen molar-refractivity contribution in [2.24, 2.45) is 0 Å². The molecule has 1 heterocycles. The van der Waals surface area contributed by atoms with Gasteiger partial charge in [0.25, 0.3) is 0 Å². The van der Waals surface area contributed by atoms with Crippen LogP contribution in [0.15, 0.2) is 0 Å². The Morgan fingerprint density at radius 3 is 1.88 bits per heavy atom. The Balaban J connectivity index is 2.37. The van der Waals surface area contributed by atoms with Crippen LogP contribution in [0.3, 0.4) is 0 Å². The van der Waals surface area contributed by atoms with Gasteiger partial charge < -0.3 is 30.4 Å². The molecule has 5 N–H and O–H groups in total. The molecule has 0 aromatic rings. The minimum atomic E-state index is -1.53. The Labute approximate surface area is 101 Å². The Hall–Kier alpha value is -0.240. The largest absolute Gasteiger partial charge is 0.394 e. The Morgan fingerprint density at radius 1 is 0.824 bits per heavy atom. The molecule has 1 saturated heterocycles. The predicted octanol–water partition coefficient (Wildman–Crippen LogP) is -2.09. The Bertz CT molecular complexity index is 210. The quantitative estimate of drug-likeness (QED) is 0.370. The summed E-state index contributed by atoms with van der Waals surface area (Å²) >= 11 is 0. The number of β-amino-alcohol motifs (C(OH)–C–C–N with tert-alkyl or cyclic N) is 1. The molecule has 0 aromatic carbocycles. The standard InChI is InChI=1S/C11H23NO5/c13-7-9(15)11(17)10(16)8(14)6-12-4-2-1-3-5-12/h8-11,13-17H,1-7H2/t8-,9-,10-,11-/m1/s1.